The predicted octanol–water partition coefficient (Wildman–Crippen LogP) is 3.88. The van der Waals surface area contributed by atoms with E-state index in [0.717, 1.165) is 38.7 Å². The molecule has 13 atom stereocenters. The third-order valence-electron chi connectivity index (χ3n) is 12.1. The lowest BCUT2D eigenvalue weighted by Crippen LogP contribution is -2.68. The molecule has 6 aliphatic rings. The van der Waals surface area contributed by atoms with E-state index in [2.05, 4.69) is 27.7 Å². The molecule has 32 heavy (non-hydrogen) atoms. The molecular weight excluding hydrogens is 404 g/mol. The van der Waals surface area contributed by atoms with Crippen LogP contribution in [0.4, 0.5) is 0 Å². The van der Waals surface area contributed by atoms with Crippen molar-refractivity contribution >= 4 is 0 Å². The zero-order valence-corrected chi connectivity index (χ0v) is 20.4. The topological polar surface area (TPSA) is 79.2 Å². The molecule has 182 valence electrons. The van der Waals surface area contributed by atoms with Gasteiger partial charge in [0.15, 0.2) is 5.79 Å². The van der Waals surface area contributed by atoms with Gasteiger partial charge < -0.3 is 24.8 Å². The van der Waals surface area contributed by atoms with Gasteiger partial charge in [-0.2, -0.15) is 0 Å². The van der Waals surface area contributed by atoms with Crippen molar-refractivity contribution in [2.45, 2.75) is 115 Å². The van der Waals surface area contributed by atoms with Crippen LogP contribution in [0.1, 0.15) is 85.5 Å². The Morgan fingerprint density at radius 3 is 2.41 bits per heavy atom. The second kappa shape index (κ2) is 6.94. The number of hydrogen-bond donors (Lipinski definition) is 3. The highest BCUT2D eigenvalue weighted by molar-refractivity contribution is 5.19. The second-order valence-electron chi connectivity index (χ2n) is 13.4. The molecule has 2 aliphatic heterocycles. The Kier molecular flexibility index (Phi) is 4.83. The minimum absolute atomic E-state index is 0.209. The smallest absolute Gasteiger partial charge is 0.171 e. The van der Waals surface area contributed by atoms with Crippen LogP contribution in [0.2, 0.25) is 0 Å². The molecule has 2 saturated heterocycles. The van der Waals surface area contributed by atoms with E-state index in [1.54, 1.807) is 0 Å². The molecule has 1 spiro atoms. The van der Waals surface area contributed by atoms with Gasteiger partial charge in [0.2, 0.25) is 0 Å². The minimum atomic E-state index is -1.16. The van der Waals surface area contributed by atoms with E-state index in [1.165, 1.54) is 12.8 Å². The SMILES string of the molecule is C[C@@H]1CC[C@@]2(OC1)O[C@H]1C[C@H]3[C@@H]4C[C@@H](O)[C@@]5(O)C[C@@H](O)CC[C@]5(C)[C@H]4CC[C@]3(C)[C@H]1[C@H]2C. The maximum atomic E-state index is 11.7. The molecule has 0 aromatic heterocycles. The van der Waals surface area contributed by atoms with Gasteiger partial charge in [-0.25, -0.2) is 0 Å². The van der Waals surface area contributed by atoms with Gasteiger partial charge >= 0.3 is 0 Å². The highest BCUT2D eigenvalue weighted by Crippen LogP contribution is 2.71. The fourth-order valence-corrected chi connectivity index (χ4v) is 10.3. The lowest BCUT2D eigenvalue weighted by atomic mass is 9.42. The molecule has 0 amide bonds. The average Bonchev–Trinajstić information content (AvgIpc) is 3.18. The molecule has 0 aromatic rings. The first-order valence-electron chi connectivity index (χ1n) is 13.4. The van der Waals surface area contributed by atoms with Crippen LogP contribution in [0.3, 0.4) is 0 Å². The Morgan fingerprint density at radius 1 is 0.906 bits per heavy atom. The summed E-state index contributed by atoms with van der Waals surface area (Å²) in [4.78, 5) is 0. The molecule has 0 bridgehead atoms. The number of ether oxygens (including phenoxy) is 2. The normalized spacial score (nSPS) is 64.0. The van der Waals surface area contributed by atoms with Crippen molar-refractivity contribution in [3.8, 4) is 0 Å². The molecule has 2 heterocycles. The van der Waals surface area contributed by atoms with E-state index in [-0.39, 0.29) is 22.7 Å². The Labute approximate surface area is 193 Å². The van der Waals surface area contributed by atoms with Crippen molar-refractivity contribution in [3.05, 3.63) is 0 Å². The third kappa shape index (κ3) is 2.64. The molecule has 0 aromatic carbocycles. The van der Waals surface area contributed by atoms with Gasteiger partial charge in [0.25, 0.3) is 0 Å². The molecule has 3 N–H and O–H groups in total. The highest BCUT2D eigenvalue weighted by Gasteiger charge is 2.71. The number of fused-ring (bicyclic) bond motifs is 7. The summed E-state index contributed by atoms with van der Waals surface area (Å²) in [5.74, 6) is 2.52. The van der Waals surface area contributed by atoms with Crippen LogP contribution < -0.4 is 0 Å². The highest BCUT2D eigenvalue weighted by atomic mass is 16.7. The quantitative estimate of drug-likeness (QED) is 0.524. The molecular formula is C27H44O5. The molecule has 5 heteroatoms. The van der Waals surface area contributed by atoms with Gasteiger partial charge in [-0.1, -0.05) is 27.7 Å². The molecule has 0 radical (unpaired) electrons. The lowest BCUT2D eigenvalue weighted by Gasteiger charge is -2.65. The fourth-order valence-electron chi connectivity index (χ4n) is 10.3. The number of aliphatic hydroxyl groups excluding tert-OH is 2. The van der Waals surface area contributed by atoms with Crippen molar-refractivity contribution < 1.29 is 24.8 Å². The van der Waals surface area contributed by atoms with Crippen LogP contribution in [0, 0.1) is 46.3 Å². The molecule has 0 unspecified atom stereocenters. The largest absolute Gasteiger partial charge is 0.393 e. The molecule has 4 saturated carbocycles. The van der Waals surface area contributed by atoms with E-state index in [0.29, 0.717) is 48.3 Å². The summed E-state index contributed by atoms with van der Waals surface area (Å²) in [6.07, 6.45) is 7.08. The van der Waals surface area contributed by atoms with E-state index >= 15 is 0 Å². The number of rotatable bonds is 0. The Morgan fingerprint density at radius 2 is 1.69 bits per heavy atom. The van der Waals surface area contributed by atoms with Crippen molar-refractivity contribution in [2.75, 3.05) is 6.61 Å². The maximum absolute atomic E-state index is 11.7. The van der Waals surface area contributed by atoms with Crippen molar-refractivity contribution in [1.29, 1.82) is 0 Å². The van der Waals surface area contributed by atoms with Crippen LogP contribution in [0.15, 0.2) is 0 Å². The summed E-state index contributed by atoms with van der Waals surface area (Å²) in [7, 11) is 0. The first kappa shape index (κ1) is 22.3. The van der Waals surface area contributed by atoms with Crippen LogP contribution in [-0.2, 0) is 9.47 Å². The monoisotopic (exact) mass is 448 g/mol. The Bertz CT molecular complexity index is 763. The fraction of sp³-hybridized carbons (Fsp3) is 1.00. The third-order valence-corrected chi connectivity index (χ3v) is 12.1. The average molecular weight is 449 g/mol. The summed E-state index contributed by atoms with van der Waals surface area (Å²) in [6.45, 7) is 10.2. The van der Waals surface area contributed by atoms with Crippen LogP contribution in [-0.4, -0.2) is 51.6 Å². The van der Waals surface area contributed by atoms with E-state index in [1.807, 2.05) is 0 Å². The molecule has 4 aliphatic carbocycles. The zero-order valence-electron chi connectivity index (χ0n) is 20.4. The van der Waals surface area contributed by atoms with E-state index < -0.39 is 17.8 Å². The van der Waals surface area contributed by atoms with Crippen LogP contribution >= 0.6 is 0 Å². The molecule has 6 rings (SSSR count). The number of hydrogen-bond acceptors (Lipinski definition) is 5. The molecule has 6 fully saturated rings. The maximum Gasteiger partial charge on any atom is 0.171 e. The van der Waals surface area contributed by atoms with Gasteiger partial charge in [-0.05, 0) is 80.0 Å². The zero-order chi connectivity index (χ0) is 22.7. The van der Waals surface area contributed by atoms with E-state index in [4.69, 9.17) is 9.47 Å². The van der Waals surface area contributed by atoms with Crippen LogP contribution in [0.25, 0.3) is 0 Å². The Balaban J connectivity index is 1.30. The second-order valence-corrected chi connectivity index (χ2v) is 13.4. The predicted molar refractivity (Wildman–Crippen MR) is 121 cm³/mol. The van der Waals surface area contributed by atoms with Gasteiger partial charge in [-0.3, -0.25) is 0 Å². The van der Waals surface area contributed by atoms with Crippen molar-refractivity contribution in [1.82, 2.24) is 0 Å². The van der Waals surface area contributed by atoms with Gasteiger partial charge in [0, 0.05) is 24.2 Å². The summed E-state index contributed by atoms with van der Waals surface area (Å²) < 4.78 is 13.3. The van der Waals surface area contributed by atoms with E-state index in [9.17, 15) is 15.3 Å². The summed E-state index contributed by atoms with van der Waals surface area (Å²) in [6, 6.07) is 0. The number of aliphatic hydroxyl groups is 3. The summed E-state index contributed by atoms with van der Waals surface area (Å²) in [5, 5.41) is 33.2. The lowest BCUT2D eigenvalue weighted by molar-refractivity contribution is -0.279. The Hall–Kier alpha value is -0.200. The first-order chi connectivity index (χ1) is 15.0. The molecule has 5 nitrogen and oxygen atoms in total. The van der Waals surface area contributed by atoms with Crippen molar-refractivity contribution in [3.63, 3.8) is 0 Å². The summed E-state index contributed by atoms with van der Waals surface area (Å²) >= 11 is 0. The first-order valence-corrected chi connectivity index (χ1v) is 13.4. The minimum Gasteiger partial charge on any atom is -0.393 e. The van der Waals surface area contributed by atoms with Crippen LogP contribution in [0.5, 0.6) is 0 Å². The van der Waals surface area contributed by atoms with Gasteiger partial charge in [0.1, 0.15) is 0 Å². The van der Waals surface area contributed by atoms with Crippen molar-refractivity contribution in [2.24, 2.45) is 46.3 Å². The van der Waals surface area contributed by atoms with Gasteiger partial charge in [-0.15, -0.1) is 0 Å². The summed E-state index contributed by atoms with van der Waals surface area (Å²) in [5.41, 5.74) is -1.26. The van der Waals surface area contributed by atoms with Gasteiger partial charge in [0.05, 0.1) is 30.5 Å². The standard InChI is InChI=1S/C27H44O5/c1-15-5-10-27(31-14-15)16(2)23-21(32-27)12-20-18-11-22(29)26(30)13-17(28)6-9-25(26,4)19(18)7-8-24(20,23)3/h15-23,28-30H,5-14H2,1-4H3/t15-,16-,17+,18-,19+,20+,21+,22-,23+,24+,25-,26+,27-/m1/s1.